The Hall–Kier alpha value is -1.91. The molecule has 0 aromatic carbocycles. The second-order valence-corrected chi connectivity index (χ2v) is 5.13. The van der Waals surface area contributed by atoms with Gasteiger partial charge in [0, 0.05) is 37.0 Å². The Morgan fingerprint density at radius 2 is 2.00 bits per heavy atom. The summed E-state index contributed by atoms with van der Waals surface area (Å²) in [6.45, 7) is 12.2. The molecule has 0 aliphatic carbocycles. The van der Waals surface area contributed by atoms with Gasteiger partial charge in [0.05, 0.1) is 0 Å². The van der Waals surface area contributed by atoms with E-state index >= 15 is 0 Å². The average molecular weight is 273 g/mol. The molecule has 5 heteroatoms. The molecule has 0 spiro atoms. The van der Waals surface area contributed by atoms with E-state index in [4.69, 9.17) is 4.98 Å². The molecule has 0 radical (unpaired) electrons. The molecule has 5 nitrogen and oxygen atoms in total. The summed E-state index contributed by atoms with van der Waals surface area (Å²) in [6.07, 6.45) is 3.81. The third kappa shape index (κ3) is 2.66. The van der Waals surface area contributed by atoms with Gasteiger partial charge in [-0.05, 0) is 20.8 Å². The first kappa shape index (κ1) is 14.5. The number of nitrogens with one attached hydrogen (secondary N) is 1. The van der Waals surface area contributed by atoms with Crippen molar-refractivity contribution >= 4 is 5.82 Å². The lowest BCUT2D eigenvalue weighted by atomic mass is 10.1. The standard InChI is InChI=1S/C15H23N5/c1-6-16-14-11(5)12(18-13(19-14)10(3)4)15-17-8-9-20(15)7-2/h8-10H,6-7H2,1-5H3,(H,16,18,19). The minimum Gasteiger partial charge on any atom is -0.370 e. The maximum Gasteiger partial charge on any atom is 0.159 e. The number of imidazole rings is 1. The molecule has 0 fully saturated rings. The largest absolute Gasteiger partial charge is 0.370 e. The molecule has 2 aromatic rings. The number of hydrogen-bond donors (Lipinski definition) is 1. The molecule has 0 unspecified atom stereocenters. The molecule has 0 aliphatic rings. The number of nitrogens with zero attached hydrogens (tertiary/aromatic N) is 4. The Labute approximate surface area is 120 Å². The highest BCUT2D eigenvalue weighted by Gasteiger charge is 2.17. The van der Waals surface area contributed by atoms with Crippen molar-refractivity contribution in [3.05, 3.63) is 23.8 Å². The number of rotatable bonds is 5. The van der Waals surface area contributed by atoms with Gasteiger partial charge in [0.1, 0.15) is 17.3 Å². The molecule has 2 heterocycles. The van der Waals surface area contributed by atoms with E-state index in [1.807, 2.05) is 19.3 Å². The maximum absolute atomic E-state index is 4.73. The molecule has 0 amide bonds. The first-order chi connectivity index (χ1) is 9.58. The molecule has 108 valence electrons. The summed E-state index contributed by atoms with van der Waals surface area (Å²) < 4.78 is 2.11. The molecule has 0 bridgehead atoms. The number of anilines is 1. The van der Waals surface area contributed by atoms with E-state index in [2.05, 4.69) is 47.5 Å². The van der Waals surface area contributed by atoms with Crippen LogP contribution in [0.5, 0.6) is 0 Å². The second-order valence-electron chi connectivity index (χ2n) is 5.13. The minimum absolute atomic E-state index is 0.289. The van der Waals surface area contributed by atoms with Crippen LogP contribution in [0.1, 0.15) is 45.0 Å². The van der Waals surface area contributed by atoms with Crippen LogP contribution in [-0.4, -0.2) is 26.1 Å². The van der Waals surface area contributed by atoms with Gasteiger partial charge in [-0.2, -0.15) is 0 Å². The normalized spacial score (nSPS) is 11.1. The van der Waals surface area contributed by atoms with Crippen molar-refractivity contribution < 1.29 is 0 Å². The first-order valence-corrected chi connectivity index (χ1v) is 7.22. The van der Waals surface area contributed by atoms with E-state index in [0.717, 1.165) is 41.8 Å². The van der Waals surface area contributed by atoms with Crippen LogP contribution in [0.4, 0.5) is 5.82 Å². The van der Waals surface area contributed by atoms with Gasteiger partial charge in [0.25, 0.3) is 0 Å². The average Bonchev–Trinajstić information content (AvgIpc) is 2.89. The first-order valence-electron chi connectivity index (χ1n) is 7.22. The second kappa shape index (κ2) is 6.03. The molecule has 1 N–H and O–H groups in total. The lowest BCUT2D eigenvalue weighted by molar-refractivity contribution is 0.750. The van der Waals surface area contributed by atoms with Gasteiger partial charge >= 0.3 is 0 Å². The van der Waals surface area contributed by atoms with Crippen molar-refractivity contribution in [1.82, 2.24) is 19.5 Å². The number of hydrogen-bond acceptors (Lipinski definition) is 4. The summed E-state index contributed by atoms with van der Waals surface area (Å²) >= 11 is 0. The zero-order valence-corrected chi connectivity index (χ0v) is 12.9. The van der Waals surface area contributed by atoms with Crippen LogP contribution in [0.2, 0.25) is 0 Å². The smallest absolute Gasteiger partial charge is 0.159 e. The lowest BCUT2D eigenvalue weighted by Crippen LogP contribution is -2.10. The summed E-state index contributed by atoms with van der Waals surface area (Å²) in [5.74, 6) is 2.96. The summed E-state index contributed by atoms with van der Waals surface area (Å²) in [5, 5.41) is 3.32. The Bertz CT molecular complexity index is 586. The van der Waals surface area contributed by atoms with Crippen molar-refractivity contribution in [2.75, 3.05) is 11.9 Å². The fraction of sp³-hybridized carbons (Fsp3) is 0.533. The van der Waals surface area contributed by atoms with Crippen molar-refractivity contribution in [3.63, 3.8) is 0 Å². The lowest BCUT2D eigenvalue weighted by Gasteiger charge is -2.15. The van der Waals surface area contributed by atoms with Crippen molar-refractivity contribution in [2.24, 2.45) is 0 Å². The van der Waals surface area contributed by atoms with Crippen LogP contribution in [0.3, 0.4) is 0 Å². The van der Waals surface area contributed by atoms with Crippen LogP contribution < -0.4 is 5.32 Å². The molecular formula is C15H23N5. The Kier molecular flexibility index (Phi) is 4.37. The predicted octanol–water partition coefficient (Wildman–Crippen LogP) is 3.22. The van der Waals surface area contributed by atoms with Crippen LogP contribution in [0.25, 0.3) is 11.5 Å². The minimum atomic E-state index is 0.289. The number of aromatic nitrogens is 4. The fourth-order valence-corrected chi connectivity index (χ4v) is 2.13. The Morgan fingerprint density at radius 1 is 1.25 bits per heavy atom. The highest BCUT2D eigenvalue weighted by molar-refractivity contribution is 5.63. The third-order valence-corrected chi connectivity index (χ3v) is 3.29. The topological polar surface area (TPSA) is 55.6 Å². The van der Waals surface area contributed by atoms with Crippen LogP contribution >= 0.6 is 0 Å². The van der Waals surface area contributed by atoms with Crippen LogP contribution in [0, 0.1) is 6.92 Å². The highest BCUT2D eigenvalue weighted by atomic mass is 15.1. The van der Waals surface area contributed by atoms with E-state index in [1.165, 1.54) is 0 Å². The summed E-state index contributed by atoms with van der Waals surface area (Å²) in [6, 6.07) is 0. The Balaban J connectivity index is 2.61. The van der Waals surface area contributed by atoms with Crippen molar-refractivity contribution in [1.29, 1.82) is 0 Å². The Morgan fingerprint density at radius 3 is 2.60 bits per heavy atom. The van der Waals surface area contributed by atoms with Crippen LogP contribution in [0.15, 0.2) is 12.4 Å². The zero-order chi connectivity index (χ0) is 14.7. The third-order valence-electron chi connectivity index (χ3n) is 3.29. The molecule has 2 rings (SSSR count). The van der Waals surface area contributed by atoms with Gasteiger partial charge in [-0.1, -0.05) is 13.8 Å². The summed E-state index contributed by atoms with van der Waals surface area (Å²) in [5.41, 5.74) is 1.98. The van der Waals surface area contributed by atoms with Crippen molar-refractivity contribution in [3.8, 4) is 11.5 Å². The van der Waals surface area contributed by atoms with Gasteiger partial charge in [0.15, 0.2) is 5.82 Å². The van der Waals surface area contributed by atoms with Gasteiger partial charge in [-0.3, -0.25) is 0 Å². The number of aryl methyl sites for hydroxylation is 1. The molecule has 20 heavy (non-hydrogen) atoms. The van der Waals surface area contributed by atoms with E-state index in [1.54, 1.807) is 0 Å². The summed E-state index contributed by atoms with van der Waals surface area (Å²) in [4.78, 5) is 13.8. The van der Waals surface area contributed by atoms with Gasteiger partial charge in [0.2, 0.25) is 0 Å². The molecule has 0 saturated carbocycles. The van der Waals surface area contributed by atoms with Crippen LogP contribution in [-0.2, 0) is 6.54 Å². The predicted molar refractivity (Wildman–Crippen MR) is 81.9 cm³/mol. The van der Waals surface area contributed by atoms with Gasteiger partial charge in [-0.25, -0.2) is 15.0 Å². The quantitative estimate of drug-likeness (QED) is 0.908. The molecule has 2 aromatic heterocycles. The van der Waals surface area contributed by atoms with Gasteiger partial charge < -0.3 is 9.88 Å². The molecule has 0 aliphatic heterocycles. The summed E-state index contributed by atoms with van der Waals surface area (Å²) in [7, 11) is 0. The molecular weight excluding hydrogens is 250 g/mol. The SMILES string of the molecule is CCNc1nc(C(C)C)nc(-c2nccn2CC)c1C. The molecule has 0 saturated heterocycles. The van der Waals surface area contributed by atoms with E-state index < -0.39 is 0 Å². The van der Waals surface area contributed by atoms with Gasteiger partial charge in [-0.15, -0.1) is 0 Å². The molecule has 0 atom stereocenters. The van der Waals surface area contributed by atoms with E-state index in [-0.39, 0.29) is 5.92 Å². The zero-order valence-electron chi connectivity index (χ0n) is 12.9. The fourth-order valence-electron chi connectivity index (χ4n) is 2.13. The maximum atomic E-state index is 4.73. The van der Waals surface area contributed by atoms with Crippen molar-refractivity contribution in [2.45, 2.75) is 47.1 Å². The highest BCUT2D eigenvalue weighted by Crippen LogP contribution is 2.26. The van der Waals surface area contributed by atoms with E-state index in [9.17, 15) is 0 Å². The monoisotopic (exact) mass is 273 g/mol. The van der Waals surface area contributed by atoms with E-state index in [0.29, 0.717) is 0 Å².